The summed E-state index contributed by atoms with van der Waals surface area (Å²) in [4.78, 5) is 42.9. The van der Waals surface area contributed by atoms with Crippen molar-refractivity contribution < 1.29 is 14.5 Å². The van der Waals surface area contributed by atoms with Crippen molar-refractivity contribution in [2.45, 2.75) is 13.0 Å². The van der Waals surface area contributed by atoms with Gasteiger partial charge in [0, 0.05) is 17.7 Å². The zero-order valence-corrected chi connectivity index (χ0v) is 20.6. The number of thiazole rings is 1. The van der Waals surface area contributed by atoms with E-state index in [1.165, 1.54) is 28.0 Å². The van der Waals surface area contributed by atoms with Crippen molar-refractivity contribution in [2.75, 3.05) is 6.61 Å². The lowest BCUT2D eigenvalue weighted by molar-refractivity contribution is -0.384. The lowest BCUT2D eigenvalue weighted by Crippen LogP contribution is -2.39. The average Bonchev–Trinajstić information content (AvgIpc) is 3.23. The van der Waals surface area contributed by atoms with Crippen LogP contribution < -0.4 is 14.9 Å². The van der Waals surface area contributed by atoms with Gasteiger partial charge in [0.2, 0.25) is 0 Å². The van der Waals surface area contributed by atoms with E-state index in [1.54, 1.807) is 25.1 Å². The fourth-order valence-electron chi connectivity index (χ4n) is 4.23. The highest BCUT2D eigenvalue weighted by molar-refractivity contribution is 7.07. The zero-order valence-electron chi connectivity index (χ0n) is 19.7. The molecule has 3 aromatic carbocycles. The second kappa shape index (κ2) is 10.2. The predicted octanol–water partition coefficient (Wildman–Crippen LogP) is 3.84. The Morgan fingerprint density at radius 3 is 2.32 bits per heavy atom. The maximum Gasteiger partial charge on any atom is 0.338 e. The van der Waals surface area contributed by atoms with Crippen LogP contribution in [0, 0.1) is 10.1 Å². The number of hydrogen-bond donors (Lipinski definition) is 0. The van der Waals surface area contributed by atoms with Crippen LogP contribution in [-0.4, -0.2) is 22.1 Å². The molecule has 0 saturated heterocycles. The van der Waals surface area contributed by atoms with Crippen molar-refractivity contribution in [3.05, 3.63) is 137 Å². The van der Waals surface area contributed by atoms with E-state index in [4.69, 9.17) is 9.73 Å². The number of carbonyl (C=O) groups is 1. The molecule has 0 bridgehead atoms. The third kappa shape index (κ3) is 4.64. The van der Waals surface area contributed by atoms with E-state index in [0.29, 0.717) is 20.6 Å². The van der Waals surface area contributed by atoms with Gasteiger partial charge in [0.15, 0.2) is 4.80 Å². The lowest BCUT2D eigenvalue weighted by atomic mass is 9.93. The number of nitro groups is 1. The van der Waals surface area contributed by atoms with Crippen LogP contribution in [-0.2, 0) is 9.53 Å². The normalized spacial score (nSPS) is 15.2. The van der Waals surface area contributed by atoms with Crippen molar-refractivity contribution in [1.82, 2.24) is 4.57 Å². The van der Waals surface area contributed by atoms with Gasteiger partial charge in [0.05, 0.1) is 33.4 Å². The molecule has 0 radical (unpaired) electrons. The molecular formula is C28H21N3O5S. The van der Waals surface area contributed by atoms with Crippen LogP contribution in [0.3, 0.4) is 0 Å². The number of non-ortho nitro benzene ring substituents is 1. The molecule has 184 valence electrons. The molecule has 8 nitrogen and oxygen atoms in total. The Bertz CT molecular complexity index is 1690. The van der Waals surface area contributed by atoms with Crippen molar-refractivity contribution in [3.8, 4) is 0 Å². The number of nitrogens with zero attached hydrogens (tertiary/aromatic N) is 3. The summed E-state index contributed by atoms with van der Waals surface area (Å²) in [6, 6.07) is 23.9. The Labute approximate surface area is 215 Å². The predicted molar refractivity (Wildman–Crippen MR) is 141 cm³/mol. The fourth-order valence-corrected chi connectivity index (χ4v) is 5.24. The van der Waals surface area contributed by atoms with Gasteiger partial charge >= 0.3 is 5.97 Å². The minimum Gasteiger partial charge on any atom is -0.463 e. The van der Waals surface area contributed by atoms with E-state index in [2.05, 4.69) is 0 Å². The zero-order chi connectivity index (χ0) is 25.9. The summed E-state index contributed by atoms with van der Waals surface area (Å²) >= 11 is 1.20. The summed E-state index contributed by atoms with van der Waals surface area (Å²) in [7, 11) is 0. The molecule has 4 aromatic rings. The first kappa shape index (κ1) is 24.1. The first-order valence-corrected chi connectivity index (χ1v) is 12.4. The van der Waals surface area contributed by atoms with Crippen molar-refractivity contribution in [1.29, 1.82) is 0 Å². The number of esters is 1. The molecule has 0 N–H and O–H groups in total. The van der Waals surface area contributed by atoms with Gasteiger partial charge in [-0.1, -0.05) is 72.0 Å². The smallest absolute Gasteiger partial charge is 0.338 e. The summed E-state index contributed by atoms with van der Waals surface area (Å²) < 4.78 is 7.36. The second-order valence-electron chi connectivity index (χ2n) is 8.19. The number of rotatable bonds is 6. The minimum absolute atomic E-state index is 0.0331. The highest BCUT2D eigenvalue weighted by Gasteiger charge is 2.35. The van der Waals surface area contributed by atoms with E-state index in [1.807, 2.05) is 60.7 Å². The van der Waals surface area contributed by atoms with Crippen molar-refractivity contribution >= 4 is 34.8 Å². The fraction of sp³-hybridized carbons (Fsp3) is 0.107. The van der Waals surface area contributed by atoms with E-state index < -0.39 is 16.9 Å². The Balaban J connectivity index is 1.78. The molecule has 1 aromatic heterocycles. The van der Waals surface area contributed by atoms with Gasteiger partial charge in [-0.2, -0.15) is 0 Å². The Morgan fingerprint density at radius 1 is 1.05 bits per heavy atom. The first-order chi connectivity index (χ1) is 18.0. The Morgan fingerprint density at radius 2 is 1.70 bits per heavy atom. The highest BCUT2D eigenvalue weighted by Crippen LogP contribution is 2.35. The molecule has 0 aliphatic carbocycles. The van der Waals surface area contributed by atoms with E-state index in [0.717, 1.165) is 11.1 Å². The van der Waals surface area contributed by atoms with Gasteiger partial charge in [-0.25, -0.2) is 9.79 Å². The van der Waals surface area contributed by atoms with Gasteiger partial charge < -0.3 is 4.74 Å². The number of nitro benzene ring substituents is 1. The number of aromatic nitrogens is 1. The van der Waals surface area contributed by atoms with Crippen LogP contribution in [0.5, 0.6) is 0 Å². The third-order valence-corrected chi connectivity index (χ3v) is 6.87. The number of benzene rings is 3. The summed E-state index contributed by atoms with van der Waals surface area (Å²) in [6.07, 6.45) is 1.67. The van der Waals surface area contributed by atoms with Crippen molar-refractivity contribution in [3.63, 3.8) is 0 Å². The maximum atomic E-state index is 13.7. The molecule has 2 heterocycles. The number of ether oxygens (including phenoxy) is 1. The Kier molecular flexibility index (Phi) is 6.61. The quantitative estimate of drug-likeness (QED) is 0.222. The molecule has 0 fully saturated rings. The molecule has 0 unspecified atom stereocenters. The van der Waals surface area contributed by atoms with Crippen LogP contribution in [0.25, 0.3) is 11.8 Å². The molecule has 0 saturated carbocycles. The average molecular weight is 512 g/mol. The summed E-state index contributed by atoms with van der Waals surface area (Å²) in [5.41, 5.74) is 2.51. The Hall–Kier alpha value is -4.63. The number of carbonyl (C=O) groups excluding carboxylic acids is 1. The maximum absolute atomic E-state index is 13.7. The molecule has 9 heteroatoms. The number of hydrogen-bond acceptors (Lipinski definition) is 7. The molecule has 1 aliphatic heterocycles. The SMILES string of the molecule is CCOC(=O)C1=C(c2ccccc2)N=c2s/c(=C\c3ccc([N+](=O)[O-])cc3)c(=O)n2[C@@H]1c1ccccc1. The van der Waals surface area contributed by atoms with Gasteiger partial charge in [-0.3, -0.25) is 19.5 Å². The molecule has 1 atom stereocenters. The monoisotopic (exact) mass is 511 g/mol. The molecule has 1 aliphatic rings. The molecule has 0 spiro atoms. The third-order valence-electron chi connectivity index (χ3n) is 5.89. The lowest BCUT2D eigenvalue weighted by Gasteiger charge is -2.25. The molecular weight excluding hydrogens is 490 g/mol. The standard InChI is InChI=1S/C28H21N3O5S/c1-2-36-27(33)23-24(19-9-5-3-6-10-19)29-28-30(25(23)20-11-7-4-8-12-20)26(32)22(37-28)17-18-13-15-21(16-14-18)31(34)35/h3-17,25H,2H2,1H3/b22-17-/t25-/m1/s1. The van der Waals surface area contributed by atoms with Crippen LogP contribution in [0.1, 0.15) is 29.7 Å². The van der Waals surface area contributed by atoms with Crippen LogP contribution >= 0.6 is 11.3 Å². The summed E-state index contributed by atoms with van der Waals surface area (Å²) in [5.74, 6) is -0.538. The first-order valence-electron chi connectivity index (χ1n) is 11.6. The second-order valence-corrected chi connectivity index (χ2v) is 9.20. The van der Waals surface area contributed by atoms with Gasteiger partial charge in [0.25, 0.3) is 11.2 Å². The van der Waals surface area contributed by atoms with Crippen LogP contribution in [0.4, 0.5) is 5.69 Å². The van der Waals surface area contributed by atoms with Crippen molar-refractivity contribution in [2.24, 2.45) is 4.99 Å². The van der Waals surface area contributed by atoms with E-state index in [-0.39, 0.29) is 23.4 Å². The topological polar surface area (TPSA) is 104 Å². The number of fused-ring (bicyclic) bond motifs is 1. The largest absolute Gasteiger partial charge is 0.463 e. The van der Waals surface area contributed by atoms with E-state index >= 15 is 0 Å². The molecule has 0 amide bonds. The van der Waals surface area contributed by atoms with Crippen LogP contribution in [0.15, 0.2) is 100 Å². The highest BCUT2D eigenvalue weighted by atomic mass is 32.1. The van der Waals surface area contributed by atoms with Gasteiger partial charge in [-0.15, -0.1) is 0 Å². The summed E-state index contributed by atoms with van der Waals surface area (Å²) in [6.45, 7) is 1.91. The molecule has 37 heavy (non-hydrogen) atoms. The van der Waals surface area contributed by atoms with Gasteiger partial charge in [0.1, 0.15) is 0 Å². The van der Waals surface area contributed by atoms with Crippen LogP contribution in [0.2, 0.25) is 0 Å². The van der Waals surface area contributed by atoms with Gasteiger partial charge in [-0.05, 0) is 36.3 Å². The summed E-state index contributed by atoms with van der Waals surface area (Å²) in [5, 5.41) is 11.0. The molecule has 5 rings (SSSR count). The minimum atomic E-state index is -0.745. The van der Waals surface area contributed by atoms with E-state index in [9.17, 15) is 19.7 Å².